The van der Waals surface area contributed by atoms with Crippen molar-refractivity contribution in [3.63, 3.8) is 0 Å². The molecule has 0 radical (unpaired) electrons. The van der Waals surface area contributed by atoms with Crippen LogP contribution in [-0.4, -0.2) is 20.2 Å². The summed E-state index contributed by atoms with van der Waals surface area (Å²) in [6, 6.07) is 7.67. The summed E-state index contributed by atoms with van der Waals surface area (Å²) >= 11 is 0. The molecule has 16 heavy (non-hydrogen) atoms. The Hall–Kier alpha value is -1.51. The summed E-state index contributed by atoms with van der Waals surface area (Å²) in [6.45, 7) is 0. The Morgan fingerprint density at radius 2 is 2.12 bits per heavy atom. The van der Waals surface area contributed by atoms with Gasteiger partial charge in [-0.15, -0.1) is 0 Å². The van der Waals surface area contributed by atoms with Gasteiger partial charge in [-0.25, -0.2) is 0 Å². The summed E-state index contributed by atoms with van der Waals surface area (Å²) in [5.41, 5.74) is 0.994. The summed E-state index contributed by atoms with van der Waals surface area (Å²) in [5, 5.41) is 0. The number of benzene rings is 1. The minimum Gasteiger partial charge on any atom is -0.497 e. The van der Waals surface area contributed by atoms with Crippen molar-refractivity contribution in [1.29, 1.82) is 0 Å². The van der Waals surface area contributed by atoms with Crippen molar-refractivity contribution in [1.82, 2.24) is 0 Å². The minimum absolute atomic E-state index is 0.125. The molecule has 0 aromatic heterocycles. The van der Waals surface area contributed by atoms with E-state index in [1.165, 1.54) is 7.11 Å². The van der Waals surface area contributed by atoms with E-state index in [9.17, 15) is 4.79 Å². The average Bonchev–Trinajstić information content (AvgIpc) is 3.14. The van der Waals surface area contributed by atoms with E-state index in [-0.39, 0.29) is 11.9 Å². The molecule has 3 nitrogen and oxygen atoms in total. The lowest BCUT2D eigenvalue weighted by atomic mass is 9.94. The van der Waals surface area contributed by atoms with Gasteiger partial charge < -0.3 is 9.47 Å². The molecule has 0 saturated heterocycles. The lowest BCUT2D eigenvalue weighted by Crippen LogP contribution is -2.16. The molecule has 2 rings (SSSR count). The van der Waals surface area contributed by atoms with Gasteiger partial charge in [0, 0.05) is 0 Å². The van der Waals surface area contributed by atoms with Crippen molar-refractivity contribution in [3.05, 3.63) is 29.8 Å². The van der Waals surface area contributed by atoms with Crippen LogP contribution in [0.5, 0.6) is 5.75 Å². The van der Waals surface area contributed by atoms with Crippen LogP contribution in [-0.2, 0) is 9.53 Å². The first kappa shape index (κ1) is 11.0. The monoisotopic (exact) mass is 220 g/mol. The van der Waals surface area contributed by atoms with Crippen LogP contribution >= 0.6 is 0 Å². The zero-order valence-electron chi connectivity index (χ0n) is 9.60. The highest BCUT2D eigenvalue weighted by Gasteiger charge is 2.38. The minimum atomic E-state index is -0.143. The SMILES string of the molecule is COC(=O)C(c1cccc(OC)c1)C1CC1. The van der Waals surface area contributed by atoms with E-state index in [2.05, 4.69) is 0 Å². The van der Waals surface area contributed by atoms with Crippen molar-refractivity contribution in [2.24, 2.45) is 5.92 Å². The first-order chi connectivity index (χ1) is 7.76. The van der Waals surface area contributed by atoms with Gasteiger partial charge in [0.1, 0.15) is 5.75 Å². The van der Waals surface area contributed by atoms with Crippen LogP contribution in [0.2, 0.25) is 0 Å². The number of methoxy groups -OCH3 is 2. The molecule has 1 aromatic carbocycles. The van der Waals surface area contributed by atoms with Crippen molar-refractivity contribution in [2.75, 3.05) is 14.2 Å². The van der Waals surface area contributed by atoms with Crippen LogP contribution < -0.4 is 4.74 Å². The third-order valence-corrected chi connectivity index (χ3v) is 3.00. The third-order valence-electron chi connectivity index (χ3n) is 3.00. The molecule has 86 valence electrons. The Balaban J connectivity index is 2.27. The predicted octanol–water partition coefficient (Wildman–Crippen LogP) is 2.36. The van der Waals surface area contributed by atoms with Gasteiger partial charge in [0.15, 0.2) is 0 Å². The van der Waals surface area contributed by atoms with E-state index in [4.69, 9.17) is 9.47 Å². The summed E-state index contributed by atoms with van der Waals surface area (Å²) in [7, 11) is 3.07. The maximum atomic E-state index is 11.7. The molecule has 1 unspecified atom stereocenters. The Morgan fingerprint density at radius 3 is 2.69 bits per heavy atom. The van der Waals surface area contributed by atoms with Gasteiger partial charge in [-0.05, 0) is 36.5 Å². The fraction of sp³-hybridized carbons (Fsp3) is 0.462. The quantitative estimate of drug-likeness (QED) is 0.731. The Kier molecular flexibility index (Phi) is 3.13. The fourth-order valence-electron chi connectivity index (χ4n) is 1.99. The maximum Gasteiger partial charge on any atom is 0.313 e. The van der Waals surface area contributed by atoms with Crippen molar-refractivity contribution < 1.29 is 14.3 Å². The number of rotatable bonds is 4. The molecule has 1 aliphatic rings. The first-order valence-corrected chi connectivity index (χ1v) is 5.48. The van der Waals surface area contributed by atoms with Gasteiger partial charge in [-0.2, -0.15) is 0 Å². The number of ether oxygens (including phenoxy) is 2. The number of hydrogen-bond donors (Lipinski definition) is 0. The van der Waals surface area contributed by atoms with Crippen molar-refractivity contribution in [3.8, 4) is 5.75 Å². The van der Waals surface area contributed by atoms with Crippen molar-refractivity contribution in [2.45, 2.75) is 18.8 Å². The topological polar surface area (TPSA) is 35.5 Å². The van der Waals surface area contributed by atoms with E-state index in [0.29, 0.717) is 5.92 Å². The zero-order valence-corrected chi connectivity index (χ0v) is 9.60. The molecule has 0 bridgehead atoms. The van der Waals surface area contributed by atoms with E-state index in [1.54, 1.807) is 7.11 Å². The van der Waals surface area contributed by atoms with Crippen LogP contribution in [0.15, 0.2) is 24.3 Å². The standard InChI is InChI=1S/C13H16O3/c1-15-11-5-3-4-10(8-11)12(9-6-7-9)13(14)16-2/h3-5,8-9,12H,6-7H2,1-2H3. The molecule has 1 fully saturated rings. The van der Waals surface area contributed by atoms with Gasteiger partial charge in [0.05, 0.1) is 20.1 Å². The number of hydrogen-bond acceptors (Lipinski definition) is 3. The first-order valence-electron chi connectivity index (χ1n) is 5.48. The molecule has 3 heteroatoms. The highest BCUT2D eigenvalue weighted by molar-refractivity contribution is 5.79. The Morgan fingerprint density at radius 1 is 1.38 bits per heavy atom. The molecule has 1 aromatic rings. The van der Waals surface area contributed by atoms with Crippen LogP contribution in [0.3, 0.4) is 0 Å². The Labute approximate surface area is 95.4 Å². The number of esters is 1. The molecular weight excluding hydrogens is 204 g/mol. The summed E-state index contributed by atoms with van der Waals surface area (Å²) < 4.78 is 10.0. The summed E-state index contributed by atoms with van der Waals surface area (Å²) in [5.74, 6) is 0.961. The second-order valence-corrected chi connectivity index (χ2v) is 4.11. The van der Waals surface area contributed by atoms with E-state index in [0.717, 1.165) is 24.2 Å². The zero-order chi connectivity index (χ0) is 11.5. The highest BCUT2D eigenvalue weighted by Crippen LogP contribution is 2.43. The van der Waals surface area contributed by atoms with E-state index >= 15 is 0 Å². The number of carbonyl (C=O) groups excluding carboxylic acids is 1. The normalized spacial score (nSPS) is 16.6. The fourth-order valence-corrected chi connectivity index (χ4v) is 1.99. The van der Waals surface area contributed by atoms with Crippen LogP contribution in [0.1, 0.15) is 24.3 Å². The Bertz CT molecular complexity index is 383. The highest BCUT2D eigenvalue weighted by atomic mass is 16.5. The molecule has 1 atom stereocenters. The molecular formula is C13H16O3. The number of carbonyl (C=O) groups is 1. The summed E-state index contributed by atoms with van der Waals surface area (Å²) in [4.78, 5) is 11.7. The van der Waals surface area contributed by atoms with E-state index in [1.807, 2.05) is 24.3 Å². The molecule has 0 heterocycles. The van der Waals surface area contributed by atoms with E-state index < -0.39 is 0 Å². The van der Waals surface area contributed by atoms with Gasteiger partial charge in [0.2, 0.25) is 0 Å². The van der Waals surface area contributed by atoms with Crippen LogP contribution in [0.4, 0.5) is 0 Å². The van der Waals surface area contributed by atoms with Gasteiger partial charge in [-0.1, -0.05) is 12.1 Å². The maximum absolute atomic E-state index is 11.7. The van der Waals surface area contributed by atoms with Crippen LogP contribution in [0, 0.1) is 5.92 Å². The van der Waals surface area contributed by atoms with Gasteiger partial charge in [0.25, 0.3) is 0 Å². The smallest absolute Gasteiger partial charge is 0.313 e. The second kappa shape index (κ2) is 4.56. The predicted molar refractivity (Wildman–Crippen MR) is 60.5 cm³/mol. The van der Waals surface area contributed by atoms with Crippen molar-refractivity contribution >= 4 is 5.97 Å². The van der Waals surface area contributed by atoms with Gasteiger partial charge >= 0.3 is 5.97 Å². The lowest BCUT2D eigenvalue weighted by Gasteiger charge is -2.14. The summed E-state index contributed by atoms with van der Waals surface area (Å²) in [6.07, 6.45) is 2.22. The molecule has 1 saturated carbocycles. The molecule has 0 aliphatic heterocycles. The molecule has 0 N–H and O–H groups in total. The average molecular weight is 220 g/mol. The van der Waals surface area contributed by atoms with Gasteiger partial charge in [-0.3, -0.25) is 4.79 Å². The third kappa shape index (κ3) is 2.18. The molecule has 0 spiro atoms. The largest absolute Gasteiger partial charge is 0.497 e. The lowest BCUT2D eigenvalue weighted by molar-refractivity contribution is -0.143. The molecule has 0 amide bonds. The molecule has 1 aliphatic carbocycles. The second-order valence-electron chi connectivity index (χ2n) is 4.11. The van der Waals surface area contributed by atoms with Crippen LogP contribution in [0.25, 0.3) is 0 Å².